The van der Waals surface area contributed by atoms with Gasteiger partial charge < -0.3 is 5.73 Å². The summed E-state index contributed by atoms with van der Waals surface area (Å²) in [6.45, 7) is 0.403. The van der Waals surface area contributed by atoms with Crippen molar-refractivity contribution in [1.29, 1.82) is 0 Å². The molecule has 0 aliphatic carbocycles. The molecular formula is C8H12N2O. The molecule has 1 unspecified atom stereocenters. The van der Waals surface area contributed by atoms with Gasteiger partial charge in [0.15, 0.2) is 0 Å². The topological polar surface area (TPSA) is 61.3 Å². The van der Waals surface area contributed by atoms with Crippen molar-refractivity contribution in [3.8, 4) is 0 Å². The highest BCUT2D eigenvalue weighted by Gasteiger charge is 2.06. The van der Waals surface area contributed by atoms with Crippen LogP contribution in [0.25, 0.3) is 0 Å². The maximum Gasteiger partial charge on any atom is 0.116 e. The highest BCUT2D eigenvalue weighted by molar-refractivity contribution is 5.17. The first-order valence-corrected chi connectivity index (χ1v) is 3.49. The molecule has 0 bridgehead atoms. The third kappa shape index (κ3) is 2.01. The van der Waals surface area contributed by atoms with E-state index in [0.29, 0.717) is 6.54 Å². The van der Waals surface area contributed by atoms with Crippen LogP contribution in [-0.2, 0) is 4.84 Å². The third-order valence-corrected chi connectivity index (χ3v) is 1.55. The number of rotatable bonds is 3. The van der Waals surface area contributed by atoms with E-state index < -0.39 is 0 Å². The Kier molecular flexibility index (Phi) is 3.04. The molecule has 3 nitrogen and oxygen atoms in total. The maximum absolute atomic E-state index is 5.41. The van der Waals surface area contributed by atoms with Gasteiger partial charge in [-0.15, -0.1) is 0 Å². The van der Waals surface area contributed by atoms with Gasteiger partial charge in [-0.2, -0.15) is 0 Å². The molecule has 0 aliphatic rings. The van der Waals surface area contributed by atoms with Gasteiger partial charge in [0.1, 0.15) is 6.10 Å². The standard InChI is InChI=1S/C8H12N2O/c9-6-8(11-10)7-4-2-1-3-5-7/h1-5,8H,6,9-10H2. The van der Waals surface area contributed by atoms with Gasteiger partial charge in [-0.05, 0) is 5.56 Å². The number of benzene rings is 1. The Balaban J connectivity index is 2.74. The maximum atomic E-state index is 5.41. The molecule has 0 radical (unpaired) electrons. The first-order valence-electron chi connectivity index (χ1n) is 3.49. The van der Waals surface area contributed by atoms with Crippen LogP contribution in [0.3, 0.4) is 0 Å². The quantitative estimate of drug-likeness (QED) is 0.623. The molecular weight excluding hydrogens is 140 g/mol. The van der Waals surface area contributed by atoms with Gasteiger partial charge >= 0.3 is 0 Å². The number of hydrogen-bond donors (Lipinski definition) is 2. The van der Waals surface area contributed by atoms with Crippen molar-refractivity contribution in [3.63, 3.8) is 0 Å². The molecule has 1 rings (SSSR count). The average Bonchev–Trinajstić information content (AvgIpc) is 2.09. The van der Waals surface area contributed by atoms with Crippen LogP contribution in [0.1, 0.15) is 11.7 Å². The monoisotopic (exact) mass is 152 g/mol. The Morgan fingerprint density at radius 3 is 2.36 bits per heavy atom. The van der Waals surface area contributed by atoms with Gasteiger partial charge in [0, 0.05) is 6.54 Å². The van der Waals surface area contributed by atoms with E-state index in [0.717, 1.165) is 5.56 Å². The molecule has 0 spiro atoms. The van der Waals surface area contributed by atoms with Gasteiger partial charge in [-0.25, -0.2) is 5.90 Å². The van der Waals surface area contributed by atoms with Gasteiger partial charge in [0.2, 0.25) is 0 Å². The Bertz CT molecular complexity index is 197. The normalized spacial score (nSPS) is 12.9. The molecule has 0 aliphatic heterocycles. The van der Waals surface area contributed by atoms with Crippen molar-refractivity contribution in [3.05, 3.63) is 35.9 Å². The van der Waals surface area contributed by atoms with Gasteiger partial charge in [0.25, 0.3) is 0 Å². The van der Waals surface area contributed by atoms with E-state index in [2.05, 4.69) is 4.84 Å². The second-order valence-electron chi connectivity index (χ2n) is 2.27. The third-order valence-electron chi connectivity index (χ3n) is 1.55. The van der Waals surface area contributed by atoms with E-state index in [4.69, 9.17) is 11.6 Å². The molecule has 60 valence electrons. The van der Waals surface area contributed by atoms with E-state index in [1.807, 2.05) is 30.3 Å². The van der Waals surface area contributed by atoms with Crippen LogP contribution < -0.4 is 11.6 Å². The van der Waals surface area contributed by atoms with E-state index in [9.17, 15) is 0 Å². The van der Waals surface area contributed by atoms with Crippen molar-refractivity contribution < 1.29 is 4.84 Å². The molecule has 0 heterocycles. The summed E-state index contributed by atoms with van der Waals surface area (Å²) in [6.07, 6.45) is -0.184. The largest absolute Gasteiger partial charge is 0.328 e. The predicted octanol–water partition coefficient (Wildman–Crippen LogP) is 0.577. The minimum atomic E-state index is -0.184. The van der Waals surface area contributed by atoms with Crippen molar-refractivity contribution >= 4 is 0 Å². The zero-order valence-electron chi connectivity index (χ0n) is 6.23. The Labute approximate surface area is 65.9 Å². The molecule has 1 atom stereocenters. The highest BCUT2D eigenvalue weighted by Crippen LogP contribution is 2.12. The van der Waals surface area contributed by atoms with Crippen LogP contribution >= 0.6 is 0 Å². The Morgan fingerprint density at radius 1 is 1.27 bits per heavy atom. The molecule has 3 heteroatoms. The van der Waals surface area contributed by atoms with Crippen molar-refractivity contribution in [1.82, 2.24) is 0 Å². The lowest BCUT2D eigenvalue weighted by Gasteiger charge is -2.11. The molecule has 0 aromatic heterocycles. The molecule has 0 amide bonds. The van der Waals surface area contributed by atoms with Crippen LogP contribution in [0.5, 0.6) is 0 Å². The second-order valence-corrected chi connectivity index (χ2v) is 2.27. The Morgan fingerprint density at radius 2 is 1.91 bits per heavy atom. The van der Waals surface area contributed by atoms with Gasteiger partial charge in [-0.1, -0.05) is 30.3 Å². The lowest BCUT2D eigenvalue weighted by atomic mass is 10.1. The fourth-order valence-electron chi connectivity index (χ4n) is 0.938. The minimum absolute atomic E-state index is 0.184. The summed E-state index contributed by atoms with van der Waals surface area (Å²) in [4.78, 5) is 4.66. The zero-order chi connectivity index (χ0) is 8.10. The molecule has 1 aromatic carbocycles. The van der Waals surface area contributed by atoms with E-state index in [1.165, 1.54) is 0 Å². The van der Waals surface area contributed by atoms with Crippen LogP contribution in [0, 0.1) is 0 Å². The number of nitrogens with two attached hydrogens (primary N) is 2. The summed E-state index contributed by atoms with van der Waals surface area (Å²) in [5, 5.41) is 0. The molecule has 4 N–H and O–H groups in total. The smallest absolute Gasteiger partial charge is 0.116 e. The first-order chi connectivity index (χ1) is 5.38. The fraction of sp³-hybridized carbons (Fsp3) is 0.250. The summed E-state index contributed by atoms with van der Waals surface area (Å²) >= 11 is 0. The van der Waals surface area contributed by atoms with Gasteiger partial charge in [-0.3, -0.25) is 4.84 Å². The van der Waals surface area contributed by atoms with Crippen LogP contribution in [0.2, 0.25) is 0 Å². The minimum Gasteiger partial charge on any atom is -0.328 e. The van der Waals surface area contributed by atoms with Crippen LogP contribution in [0.15, 0.2) is 30.3 Å². The second kappa shape index (κ2) is 4.08. The summed E-state index contributed by atoms with van der Waals surface area (Å²) in [5.74, 6) is 5.04. The fourth-order valence-corrected chi connectivity index (χ4v) is 0.938. The summed E-state index contributed by atoms with van der Waals surface area (Å²) in [7, 11) is 0. The number of hydrogen-bond acceptors (Lipinski definition) is 3. The van der Waals surface area contributed by atoms with E-state index in [1.54, 1.807) is 0 Å². The molecule has 1 aromatic rings. The zero-order valence-corrected chi connectivity index (χ0v) is 6.23. The molecule has 0 saturated heterocycles. The molecule has 0 fully saturated rings. The van der Waals surface area contributed by atoms with E-state index in [-0.39, 0.29) is 6.10 Å². The van der Waals surface area contributed by atoms with E-state index >= 15 is 0 Å². The first kappa shape index (κ1) is 8.20. The molecule has 11 heavy (non-hydrogen) atoms. The predicted molar refractivity (Wildman–Crippen MR) is 43.5 cm³/mol. The highest BCUT2D eigenvalue weighted by atomic mass is 16.6. The van der Waals surface area contributed by atoms with Crippen molar-refractivity contribution in [2.45, 2.75) is 6.10 Å². The summed E-state index contributed by atoms with van der Waals surface area (Å²) in [5.41, 5.74) is 6.42. The van der Waals surface area contributed by atoms with Crippen LogP contribution in [0.4, 0.5) is 0 Å². The SMILES string of the molecule is NCC(ON)c1ccccc1. The Hall–Kier alpha value is -0.900. The summed E-state index contributed by atoms with van der Waals surface area (Å²) in [6, 6.07) is 9.66. The lowest BCUT2D eigenvalue weighted by Crippen LogP contribution is -2.18. The van der Waals surface area contributed by atoms with Gasteiger partial charge in [0.05, 0.1) is 0 Å². The summed E-state index contributed by atoms with van der Waals surface area (Å²) < 4.78 is 0. The van der Waals surface area contributed by atoms with Crippen LogP contribution in [-0.4, -0.2) is 6.54 Å². The average molecular weight is 152 g/mol. The molecule has 0 saturated carbocycles. The lowest BCUT2D eigenvalue weighted by molar-refractivity contribution is 0.0590. The van der Waals surface area contributed by atoms with Crippen molar-refractivity contribution in [2.75, 3.05) is 6.54 Å². The van der Waals surface area contributed by atoms with Crippen molar-refractivity contribution in [2.24, 2.45) is 11.6 Å².